The van der Waals surface area contributed by atoms with Crippen molar-refractivity contribution in [1.82, 2.24) is 4.57 Å². The van der Waals surface area contributed by atoms with E-state index in [4.69, 9.17) is 4.74 Å². The molecular formula is C19H17N3O4S. The van der Waals surface area contributed by atoms with Gasteiger partial charge in [-0.25, -0.2) is 0 Å². The van der Waals surface area contributed by atoms with Crippen molar-refractivity contribution in [1.29, 1.82) is 0 Å². The van der Waals surface area contributed by atoms with Gasteiger partial charge < -0.3 is 9.30 Å². The van der Waals surface area contributed by atoms with Crippen molar-refractivity contribution < 1.29 is 14.5 Å². The number of nitrogens with zero attached hydrogens (tertiary/aromatic N) is 3. The number of benzene rings is 2. The predicted octanol–water partition coefficient (Wildman–Crippen LogP) is 3.40. The first-order valence-electron chi connectivity index (χ1n) is 8.17. The minimum atomic E-state index is -0.441. The Kier molecular flexibility index (Phi) is 5.90. The molecule has 27 heavy (non-hydrogen) atoms. The summed E-state index contributed by atoms with van der Waals surface area (Å²) in [5, 5.41) is 11.0. The molecule has 0 aliphatic heterocycles. The zero-order valence-electron chi connectivity index (χ0n) is 14.6. The molecule has 138 valence electrons. The molecule has 1 heterocycles. The van der Waals surface area contributed by atoms with Crippen LogP contribution < -0.4 is 4.80 Å². The SMILES string of the molecule is COCCn1c(=NC(=O)/C=C/c2ccccc2)sc2cc([N+](=O)[O-])ccc21. The van der Waals surface area contributed by atoms with Gasteiger partial charge >= 0.3 is 0 Å². The average molecular weight is 383 g/mol. The van der Waals surface area contributed by atoms with Gasteiger partial charge in [-0.2, -0.15) is 4.99 Å². The first-order valence-corrected chi connectivity index (χ1v) is 8.98. The zero-order chi connectivity index (χ0) is 19.2. The summed E-state index contributed by atoms with van der Waals surface area (Å²) >= 11 is 1.24. The van der Waals surface area contributed by atoms with Gasteiger partial charge in [-0.3, -0.25) is 14.9 Å². The fourth-order valence-corrected chi connectivity index (χ4v) is 3.62. The van der Waals surface area contributed by atoms with E-state index in [1.807, 2.05) is 34.9 Å². The highest BCUT2D eigenvalue weighted by Crippen LogP contribution is 2.23. The van der Waals surface area contributed by atoms with Crippen molar-refractivity contribution in [2.45, 2.75) is 6.54 Å². The van der Waals surface area contributed by atoms with Crippen LogP contribution in [-0.4, -0.2) is 29.1 Å². The third kappa shape index (κ3) is 4.55. The van der Waals surface area contributed by atoms with Crippen molar-refractivity contribution >= 4 is 39.2 Å². The van der Waals surface area contributed by atoms with Crippen LogP contribution in [0, 0.1) is 10.1 Å². The van der Waals surface area contributed by atoms with Crippen LogP contribution >= 0.6 is 11.3 Å². The van der Waals surface area contributed by atoms with Crippen molar-refractivity contribution in [3.8, 4) is 0 Å². The number of fused-ring (bicyclic) bond motifs is 1. The van der Waals surface area contributed by atoms with Gasteiger partial charge in [-0.15, -0.1) is 0 Å². The monoisotopic (exact) mass is 383 g/mol. The van der Waals surface area contributed by atoms with Gasteiger partial charge in [0.1, 0.15) is 0 Å². The molecular weight excluding hydrogens is 366 g/mol. The number of carbonyl (C=O) groups is 1. The van der Waals surface area contributed by atoms with Crippen molar-refractivity contribution in [2.24, 2.45) is 4.99 Å². The summed E-state index contributed by atoms with van der Waals surface area (Å²) in [4.78, 5) is 27.5. The summed E-state index contributed by atoms with van der Waals surface area (Å²) < 4.78 is 7.65. The van der Waals surface area contributed by atoms with E-state index in [0.717, 1.165) is 11.1 Å². The van der Waals surface area contributed by atoms with E-state index < -0.39 is 10.8 Å². The molecule has 0 saturated heterocycles. The van der Waals surface area contributed by atoms with E-state index in [9.17, 15) is 14.9 Å². The van der Waals surface area contributed by atoms with Gasteiger partial charge in [-0.1, -0.05) is 41.7 Å². The summed E-state index contributed by atoms with van der Waals surface area (Å²) in [5.41, 5.74) is 1.69. The van der Waals surface area contributed by atoms with Gasteiger partial charge in [0.25, 0.3) is 11.6 Å². The highest BCUT2D eigenvalue weighted by atomic mass is 32.1. The fraction of sp³-hybridized carbons (Fsp3) is 0.158. The van der Waals surface area contributed by atoms with Crippen LogP contribution in [0.15, 0.2) is 59.6 Å². The molecule has 0 unspecified atom stereocenters. The minimum absolute atomic E-state index is 0.00416. The van der Waals surface area contributed by atoms with E-state index >= 15 is 0 Å². The largest absolute Gasteiger partial charge is 0.383 e. The maximum absolute atomic E-state index is 12.3. The molecule has 1 aromatic heterocycles. The number of amides is 1. The predicted molar refractivity (Wildman–Crippen MR) is 104 cm³/mol. The summed E-state index contributed by atoms with van der Waals surface area (Å²) in [6.45, 7) is 0.923. The van der Waals surface area contributed by atoms with E-state index in [0.29, 0.717) is 22.7 Å². The third-order valence-corrected chi connectivity index (χ3v) is 4.86. The standard InChI is InChI=1S/C19H17N3O4S/c1-26-12-11-21-16-9-8-15(22(24)25)13-17(16)27-19(21)20-18(23)10-7-14-5-3-2-4-6-14/h2-10,13H,11-12H2,1H3/b10-7+,20-19?. The van der Waals surface area contributed by atoms with E-state index in [2.05, 4.69) is 4.99 Å². The first-order chi connectivity index (χ1) is 13.1. The lowest BCUT2D eigenvalue weighted by molar-refractivity contribution is -0.384. The Morgan fingerprint density at radius 1 is 1.30 bits per heavy atom. The average Bonchev–Trinajstić information content (AvgIpc) is 3.01. The van der Waals surface area contributed by atoms with Gasteiger partial charge in [0, 0.05) is 31.9 Å². The van der Waals surface area contributed by atoms with E-state index in [1.54, 1.807) is 19.3 Å². The lowest BCUT2D eigenvalue weighted by Gasteiger charge is -2.03. The van der Waals surface area contributed by atoms with Crippen LogP contribution in [0.25, 0.3) is 16.3 Å². The molecule has 8 heteroatoms. The Morgan fingerprint density at radius 3 is 2.78 bits per heavy atom. The maximum Gasteiger partial charge on any atom is 0.272 e. The molecule has 0 bridgehead atoms. The molecule has 3 rings (SSSR count). The van der Waals surface area contributed by atoms with Crippen molar-refractivity contribution in [2.75, 3.05) is 13.7 Å². The third-order valence-electron chi connectivity index (χ3n) is 3.82. The normalized spacial score (nSPS) is 12.1. The molecule has 0 aliphatic rings. The zero-order valence-corrected chi connectivity index (χ0v) is 15.4. The molecule has 1 amide bonds. The molecule has 0 radical (unpaired) electrons. The number of methoxy groups -OCH3 is 1. The Labute approximate surface area is 159 Å². The number of hydrogen-bond donors (Lipinski definition) is 0. The molecule has 0 aliphatic carbocycles. The van der Waals surface area contributed by atoms with E-state index in [1.165, 1.54) is 29.5 Å². The Balaban J connectivity index is 2.00. The number of aromatic nitrogens is 1. The molecule has 0 atom stereocenters. The van der Waals surface area contributed by atoms with Crippen molar-refractivity contribution in [3.05, 3.63) is 75.1 Å². The Hall–Kier alpha value is -3.10. The topological polar surface area (TPSA) is 86.7 Å². The summed E-state index contributed by atoms with van der Waals surface area (Å²) in [6.07, 6.45) is 3.10. The number of rotatable bonds is 6. The highest BCUT2D eigenvalue weighted by molar-refractivity contribution is 7.16. The molecule has 3 aromatic rings. The van der Waals surface area contributed by atoms with Crippen LogP contribution in [0.5, 0.6) is 0 Å². The first kappa shape index (κ1) is 18.7. The summed E-state index contributed by atoms with van der Waals surface area (Å²) in [6, 6.07) is 14.1. The Bertz CT molecular complexity index is 1070. The quantitative estimate of drug-likeness (QED) is 0.371. The second kappa shape index (κ2) is 8.52. The van der Waals surface area contributed by atoms with Crippen LogP contribution in [-0.2, 0) is 16.1 Å². The second-order valence-electron chi connectivity index (χ2n) is 5.63. The minimum Gasteiger partial charge on any atom is -0.383 e. The molecule has 0 N–H and O–H groups in total. The molecule has 0 saturated carbocycles. The summed E-state index contributed by atoms with van der Waals surface area (Å²) in [5.74, 6) is -0.397. The van der Waals surface area contributed by atoms with Crippen LogP contribution in [0.1, 0.15) is 5.56 Å². The number of ether oxygens (including phenoxy) is 1. The van der Waals surface area contributed by atoms with Crippen LogP contribution in [0.2, 0.25) is 0 Å². The lowest BCUT2D eigenvalue weighted by Crippen LogP contribution is -2.18. The van der Waals surface area contributed by atoms with Crippen LogP contribution in [0.4, 0.5) is 5.69 Å². The maximum atomic E-state index is 12.3. The van der Waals surface area contributed by atoms with Gasteiger partial charge in [0.2, 0.25) is 0 Å². The molecule has 0 spiro atoms. The van der Waals surface area contributed by atoms with Gasteiger partial charge in [-0.05, 0) is 17.7 Å². The number of hydrogen-bond acceptors (Lipinski definition) is 5. The molecule has 7 nitrogen and oxygen atoms in total. The van der Waals surface area contributed by atoms with Gasteiger partial charge in [0.15, 0.2) is 4.80 Å². The number of carbonyl (C=O) groups excluding carboxylic acids is 1. The number of nitro groups is 1. The number of thiazole rings is 1. The summed E-state index contributed by atoms with van der Waals surface area (Å²) in [7, 11) is 1.59. The van der Waals surface area contributed by atoms with Crippen LogP contribution in [0.3, 0.4) is 0 Å². The lowest BCUT2D eigenvalue weighted by atomic mass is 10.2. The number of non-ortho nitro benzene ring substituents is 1. The molecule has 2 aromatic carbocycles. The van der Waals surface area contributed by atoms with Crippen molar-refractivity contribution in [3.63, 3.8) is 0 Å². The smallest absolute Gasteiger partial charge is 0.272 e. The second-order valence-corrected chi connectivity index (χ2v) is 6.64. The van der Waals surface area contributed by atoms with E-state index in [-0.39, 0.29) is 5.69 Å². The Morgan fingerprint density at radius 2 is 2.07 bits per heavy atom. The number of nitro benzene ring substituents is 1. The fourth-order valence-electron chi connectivity index (χ4n) is 2.52. The highest BCUT2D eigenvalue weighted by Gasteiger charge is 2.12. The van der Waals surface area contributed by atoms with Gasteiger partial charge in [0.05, 0.1) is 21.7 Å². The molecule has 0 fully saturated rings.